The molecule has 1 fully saturated rings. The van der Waals surface area contributed by atoms with Crippen molar-refractivity contribution in [3.05, 3.63) is 41.6 Å². The van der Waals surface area contributed by atoms with Crippen molar-refractivity contribution in [3.63, 3.8) is 0 Å². The van der Waals surface area contributed by atoms with Crippen molar-refractivity contribution in [2.24, 2.45) is 20.9 Å². The van der Waals surface area contributed by atoms with Crippen LogP contribution in [0.15, 0.2) is 55.9 Å². The van der Waals surface area contributed by atoms with Gasteiger partial charge in [-0.05, 0) is 105 Å². The van der Waals surface area contributed by atoms with Gasteiger partial charge in [0.15, 0.2) is 5.82 Å². The molecule has 2 N–H and O–H groups in total. The lowest BCUT2D eigenvalue weighted by Crippen LogP contribution is -2.16. The standard InChI is InChI=1S/C30H43IN7PS/c1-8-34-27(17-21(4)32-5)36-28-19-25(29(33-6)30(37-28)38(9-2)39-31)35-24-15-14-23(18-26(24)40-7)22-13-11-10-12-20(3)16-22/h14-15,17-20,22,39H,5-6,8-13,16H2,1-4,7H3,(H2,34,35,36,37)/b21-17-. The summed E-state index contributed by atoms with van der Waals surface area (Å²) in [5, 5.41) is 7.09. The number of aliphatic imine (C=N–C) groups is 3. The van der Waals surface area contributed by atoms with Crippen LogP contribution in [-0.4, -0.2) is 43.6 Å². The number of allylic oxidation sites excluding steroid dienone is 1. The molecule has 1 heterocycles. The number of hydrogen-bond donors (Lipinski definition) is 2. The minimum Gasteiger partial charge on any atom is -0.353 e. The van der Waals surface area contributed by atoms with Gasteiger partial charge in [-0.15, -0.1) is 11.8 Å². The lowest BCUT2D eigenvalue weighted by molar-refractivity contribution is 0.471. The fourth-order valence-electron chi connectivity index (χ4n) is 5.06. The van der Waals surface area contributed by atoms with Gasteiger partial charge in [-0.2, -0.15) is 0 Å². The third kappa shape index (κ3) is 8.76. The fraction of sp³-hybridized carbons (Fsp3) is 0.467. The van der Waals surface area contributed by atoms with Crippen LogP contribution in [0, 0.1) is 5.92 Å². The van der Waals surface area contributed by atoms with E-state index in [2.05, 4.69) is 104 Å². The molecule has 1 aromatic heterocycles. The Kier molecular flexibility index (Phi) is 13.4. The van der Waals surface area contributed by atoms with Gasteiger partial charge in [0.05, 0.1) is 11.4 Å². The first-order chi connectivity index (χ1) is 19.4. The summed E-state index contributed by atoms with van der Waals surface area (Å²) in [5.74, 6) is 3.56. The zero-order valence-corrected chi connectivity index (χ0v) is 28.4. The molecule has 0 saturated heterocycles. The van der Waals surface area contributed by atoms with E-state index in [1.807, 2.05) is 26.0 Å². The Morgan fingerprint density at radius 2 is 2.00 bits per heavy atom. The van der Waals surface area contributed by atoms with Crippen molar-refractivity contribution in [2.45, 2.75) is 70.6 Å². The maximum Gasteiger partial charge on any atom is 0.162 e. The number of rotatable bonds is 12. The lowest BCUT2D eigenvalue weighted by atomic mass is 9.88. The van der Waals surface area contributed by atoms with Crippen molar-refractivity contribution in [1.82, 2.24) is 4.98 Å². The minimum atomic E-state index is 0.502. The first-order valence-electron chi connectivity index (χ1n) is 13.9. The number of benzene rings is 1. The summed E-state index contributed by atoms with van der Waals surface area (Å²) in [5.41, 5.74) is 4.86. The topological polar surface area (TPSA) is 77.3 Å². The van der Waals surface area contributed by atoms with Crippen LogP contribution in [0.25, 0.3) is 0 Å². The molecule has 3 unspecified atom stereocenters. The average Bonchev–Trinajstić information content (AvgIpc) is 3.18. The van der Waals surface area contributed by atoms with E-state index >= 15 is 0 Å². The molecule has 1 aliphatic rings. The molecule has 0 spiro atoms. The molecule has 1 aromatic carbocycles. The smallest absolute Gasteiger partial charge is 0.162 e. The molecular weight excluding hydrogens is 648 g/mol. The second-order valence-corrected chi connectivity index (χ2v) is 13.1. The third-order valence-electron chi connectivity index (χ3n) is 7.14. The quantitative estimate of drug-likeness (QED) is 0.0579. The lowest BCUT2D eigenvalue weighted by Gasteiger charge is -2.24. The van der Waals surface area contributed by atoms with E-state index in [4.69, 9.17) is 4.98 Å². The molecule has 1 saturated carbocycles. The zero-order valence-electron chi connectivity index (χ0n) is 24.4. The van der Waals surface area contributed by atoms with E-state index in [0.29, 0.717) is 30.5 Å². The van der Waals surface area contributed by atoms with Crippen molar-refractivity contribution < 1.29 is 0 Å². The molecule has 0 bridgehead atoms. The summed E-state index contributed by atoms with van der Waals surface area (Å²) in [6, 6.07) is 8.89. The molecule has 3 rings (SSSR count). The molecule has 0 radical (unpaired) electrons. The molecule has 2 aromatic rings. The minimum absolute atomic E-state index is 0.502. The molecule has 10 heteroatoms. The van der Waals surface area contributed by atoms with Gasteiger partial charge in [0, 0.05) is 42.2 Å². The number of nitrogens with zero attached hydrogens (tertiary/aromatic N) is 5. The number of pyridine rings is 1. The Bertz CT molecular complexity index is 1230. The average molecular weight is 692 g/mol. The van der Waals surface area contributed by atoms with Crippen LogP contribution in [-0.2, 0) is 0 Å². The van der Waals surface area contributed by atoms with Crippen LogP contribution >= 0.6 is 40.2 Å². The Morgan fingerprint density at radius 1 is 1.23 bits per heavy atom. The van der Waals surface area contributed by atoms with Gasteiger partial charge in [0.2, 0.25) is 0 Å². The number of thioether (sulfide) groups is 1. The Morgan fingerprint density at radius 3 is 2.65 bits per heavy atom. The molecular formula is C30H43IN7PS. The van der Waals surface area contributed by atoms with Crippen molar-refractivity contribution in [3.8, 4) is 0 Å². The van der Waals surface area contributed by atoms with E-state index in [-0.39, 0.29) is 0 Å². The van der Waals surface area contributed by atoms with Crippen molar-refractivity contribution in [2.75, 3.05) is 34.6 Å². The molecule has 0 aliphatic heterocycles. The third-order valence-corrected chi connectivity index (χ3v) is 10.4. The summed E-state index contributed by atoms with van der Waals surface area (Å²) >= 11 is 4.16. The van der Waals surface area contributed by atoms with Gasteiger partial charge in [0.1, 0.15) is 17.3 Å². The predicted octanol–water partition coefficient (Wildman–Crippen LogP) is 9.77. The normalized spacial score (nSPS) is 18.4. The zero-order chi connectivity index (χ0) is 29.1. The number of hydrogen-bond acceptors (Lipinski definition) is 7. The molecule has 7 nitrogen and oxygen atoms in total. The Hall–Kier alpha value is -1.97. The van der Waals surface area contributed by atoms with Crippen LogP contribution < -0.4 is 15.3 Å². The number of nitrogens with one attached hydrogen (secondary N) is 2. The molecule has 216 valence electrons. The largest absolute Gasteiger partial charge is 0.353 e. The molecule has 40 heavy (non-hydrogen) atoms. The number of aromatic nitrogens is 1. The van der Waals surface area contributed by atoms with E-state index in [1.54, 1.807) is 11.8 Å². The second-order valence-electron chi connectivity index (χ2n) is 10.0. The van der Waals surface area contributed by atoms with Gasteiger partial charge < -0.3 is 15.3 Å². The summed E-state index contributed by atoms with van der Waals surface area (Å²) in [6.07, 6.45) is 11.1. The van der Waals surface area contributed by atoms with Crippen molar-refractivity contribution in [1.29, 1.82) is 0 Å². The highest BCUT2D eigenvalue weighted by Crippen LogP contribution is 2.45. The molecule has 0 amide bonds. The number of amidine groups is 1. The fourth-order valence-corrected chi connectivity index (χ4v) is 7.72. The maximum atomic E-state index is 4.96. The summed E-state index contributed by atoms with van der Waals surface area (Å²) in [7, 11) is 0. The Balaban J connectivity index is 2.06. The number of anilines is 4. The van der Waals surface area contributed by atoms with E-state index in [0.717, 1.165) is 41.0 Å². The SMILES string of the molecule is C=N/C(C)=C\C(=NCC)Nc1cc(Nc2ccc(C3CCCCC(C)C3)cc2SC)c(N=C)c(N(CC)PI)n1. The van der Waals surface area contributed by atoms with E-state index in [1.165, 1.54) is 42.6 Å². The highest BCUT2D eigenvalue weighted by Gasteiger charge is 2.21. The van der Waals surface area contributed by atoms with Crippen LogP contribution in [0.5, 0.6) is 0 Å². The van der Waals surface area contributed by atoms with Gasteiger partial charge in [-0.25, -0.2) is 4.98 Å². The van der Waals surface area contributed by atoms with Gasteiger partial charge in [-0.3, -0.25) is 15.0 Å². The second kappa shape index (κ2) is 16.5. The van der Waals surface area contributed by atoms with E-state index in [9.17, 15) is 0 Å². The molecule has 1 aliphatic carbocycles. The first-order valence-corrected chi connectivity index (χ1v) is 19.2. The highest BCUT2D eigenvalue weighted by atomic mass is 127. The van der Waals surface area contributed by atoms with Gasteiger partial charge >= 0.3 is 0 Å². The maximum absolute atomic E-state index is 4.96. The van der Waals surface area contributed by atoms with Crippen LogP contribution in [0.4, 0.5) is 28.7 Å². The van der Waals surface area contributed by atoms with Crippen LogP contribution in [0.3, 0.4) is 0 Å². The summed E-state index contributed by atoms with van der Waals surface area (Å²) < 4.78 is 2.20. The molecule has 3 atom stereocenters. The van der Waals surface area contributed by atoms with Gasteiger partial charge in [-0.1, -0.05) is 32.3 Å². The number of halogens is 1. The monoisotopic (exact) mass is 691 g/mol. The highest BCUT2D eigenvalue weighted by molar-refractivity contribution is 14.2. The van der Waals surface area contributed by atoms with Gasteiger partial charge in [0.25, 0.3) is 0 Å². The first kappa shape index (κ1) is 32.5. The summed E-state index contributed by atoms with van der Waals surface area (Å²) in [6.45, 7) is 17.4. The van der Waals surface area contributed by atoms with Crippen molar-refractivity contribution >= 4 is 88.1 Å². The summed E-state index contributed by atoms with van der Waals surface area (Å²) in [4.78, 5) is 19.3. The Labute approximate surface area is 259 Å². The van der Waals surface area contributed by atoms with Crippen LogP contribution in [0.2, 0.25) is 0 Å². The predicted molar refractivity (Wildman–Crippen MR) is 190 cm³/mol. The van der Waals surface area contributed by atoms with E-state index < -0.39 is 0 Å². The van der Waals surface area contributed by atoms with Crippen LogP contribution in [0.1, 0.15) is 71.3 Å².